The molecule has 0 spiro atoms. The Kier molecular flexibility index (Phi) is 4.87. The Labute approximate surface area is 103 Å². The van der Waals surface area contributed by atoms with Crippen LogP contribution in [0.3, 0.4) is 0 Å². The second-order valence-electron chi connectivity index (χ2n) is 2.99. The fourth-order valence-corrected chi connectivity index (χ4v) is 1.60. The van der Waals surface area contributed by atoms with Gasteiger partial charge in [-0.2, -0.15) is 0 Å². The summed E-state index contributed by atoms with van der Waals surface area (Å²) in [6.07, 6.45) is 0.798. The van der Waals surface area contributed by atoms with E-state index in [9.17, 15) is 4.79 Å². The highest BCUT2D eigenvalue weighted by atomic mass is 79.9. The van der Waals surface area contributed by atoms with Crippen molar-refractivity contribution in [1.82, 2.24) is 0 Å². The van der Waals surface area contributed by atoms with Crippen LogP contribution in [-0.4, -0.2) is 11.1 Å². The average Bonchev–Trinajstić information content (AvgIpc) is 2.17. The summed E-state index contributed by atoms with van der Waals surface area (Å²) in [6, 6.07) is 5.24. The van der Waals surface area contributed by atoms with Gasteiger partial charge in [-0.25, -0.2) is 0 Å². The van der Waals surface area contributed by atoms with Crippen molar-refractivity contribution in [3.05, 3.63) is 34.3 Å². The molecule has 0 unspecified atom stereocenters. The third kappa shape index (κ3) is 3.70. The fourth-order valence-electron chi connectivity index (χ4n) is 1.09. The van der Waals surface area contributed by atoms with Crippen molar-refractivity contribution < 1.29 is 4.79 Å². The molecular formula is C12H10BrClO. The SMILES string of the molecule is CC(=O)c1ccc(C#CCCBr)cc1Cl. The molecular weight excluding hydrogens is 275 g/mol. The number of ketones is 1. The van der Waals surface area contributed by atoms with Gasteiger partial charge >= 0.3 is 0 Å². The summed E-state index contributed by atoms with van der Waals surface area (Å²) in [4.78, 5) is 11.1. The smallest absolute Gasteiger partial charge is 0.161 e. The molecule has 1 rings (SSSR count). The highest BCUT2D eigenvalue weighted by Crippen LogP contribution is 2.17. The van der Waals surface area contributed by atoms with E-state index in [1.165, 1.54) is 6.92 Å². The minimum atomic E-state index is -0.0278. The van der Waals surface area contributed by atoms with Crippen LogP contribution in [0, 0.1) is 11.8 Å². The van der Waals surface area contributed by atoms with Gasteiger partial charge in [0.1, 0.15) is 0 Å². The maximum absolute atomic E-state index is 11.1. The fraction of sp³-hybridized carbons (Fsp3) is 0.250. The highest BCUT2D eigenvalue weighted by molar-refractivity contribution is 9.09. The van der Waals surface area contributed by atoms with Crippen molar-refractivity contribution in [2.24, 2.45) is 0 Å². The van der Waals surface area contributed by atoms with Crippen LogP contribution in [0.25, 0.3) is 0 Å². The molecule has 0 heterocycles. The first kappa shape index (κ1) is 12.3. The van der Waals surface area contributed by atoms with Crippen molar-refractivity contribution in [2.45, 2.75) is 13.3 Å². The van der Waals surface area contributed by atoms with Gasteiger partial charge in [0.25, 0.3) is 0 Å². The molecule has 3 heteroatoms. The predicted molar refractivity (Wildman–Crippen MR) is 66.7 cm³/mol. The second-order valence-corrected chi connectivity index (χ2v) is 4.19. The topological polar surface area (TPSA) is 17.1 Å². The van der Waals surface area contributed by atoms with Gasteiger partial charge in [-0.1, -0.05) is 39.4 Å². The zero-order chi connectivity index (χ0) is 11.3. The molecule has 0 aromatic heterocycles. The lowest BCUT2D eigenvalue weighted by atomic mass is 10.1. The van der Waals surface area contributed by atoms with E-state index in [4.69, 9.17) is 11.6 Å². The average molecular weight is 286 g/mol. The van der Waals surface area contributed by atoms with E-state index in [0.717, 1.165) is 17.3 Å². The van der Waals surface area contributed by atoms with Gasteiger partial charge in [0.2, 0.25) is 0 Å². The zero-order valence-corrected chi connectivity index (χ0v) is 10.7. The van der Waals surface area contributed by atoms with Crippen molar-refractivity contribution >= 4 is 33.3 Å². The third-order valence-corrected chi connectivity index (χ3v) is 2.51. The number of carbonyl (C=O) groups excluding carboxylic acids is 1. The molecule has 0 radical (unpaired) electrons. The quantitative estimate of drug-likeness (QED) is 0.460. The van der Waals surface area contributed by atoms with E-state index in [1.54, 1.807) is 12.1 Å². The van der Waals surface area contributed by atoms with E-state index in [2.05, 4.69) is 27.8 Å². The first-order chi connectivity index (χ1) is 7.15. The molecule has 1 nitrogen and oxygen atoms in total. The Bertz CT molecular complexity index is 429. The summed E-state index contributed by atoms with van der Waals surface area (Å²) in [5.74, 6) is 5.94. The summed E-state index contributed by atoms with van der Waals surface area (Å²) in [5, 5.41) is 1.33. The van der Waals surface area contributed by atoms with Crippen molar-refractivity contribution in [3.8, 4) is 11.8 Å². The van der Waals surface area contributed by atoms with Gasteiger partial charge in [-0.15, -0.1) is 0 Å². The Morgan fingerprint density at radius 2 is 2.27 bits per heavy atom. The number of carbonyl (C=O) groups is 1. The van der Waals surface area contributed by atoms with E-state index >= 15 is 0 Å². The molecule has 1 aromatic carbocycles. The number of benzene rings is 1. The summed E-state index contributed by atoms with van der Waals surface area (Å²) in [7, 11) is 0. The summed E-state index contributed by atoms with van der Waals surface area (Å²) in [5.41, 5.74) is 1.38. The van der Waals surface area contributed by atoms with Crippen LogP contribution in [0.4, 0.5) is 0 Å². The Morgan fingerprint density at radius 1 is 1.53 bits per heavy atom. The van der Waals surface area contributed by atoms with E-state index in [0.29, 0.717) is 10.6 Å². The number of hydrogen-bond acceptors (Lipinski definition) is 1. The van der Waals surface area contributed by atoms with Crippen LogP contribution in [0.5, 0.6) is 0 Å². The van der Waals surface area contributed by atoms with Gasteiger partial charge in [0.15, 0.2) is 5.78 Å². The molecule has 0 atom stereocenters. The lowest BCUT2D eigenvalue weighted by Gasteiger charge is -1.99. The van der Waals surface area contributed by atoms with E-state index in [-0.39, 0.29) is 5.78 Å². The van der Waals surface area contributed by atoms with E-state index < -0.39 is 0 Å². The van der Waals surface area contributed by atoms with Crippen molar-refractivity contribution in [1.29, 1.82) is 0 Å². The van der Waals surface area contributed by atoms with Crippen LogP contribution in [0.2, 0.25) is 5.02 Å². The number of hydrogen-bond donors (Lipinski definition) is 0. The van der Waals surface area contributed by atoms with Gasteiger partial charge in [-0.05, 0) is 25.1 Å². The maximum Gasteiger partial charge on any atom is 0.161 e. The largest absolute Gasteiger partial charge is 0.294 e. The normalized spacial score (nSPS) is 9.27. The van der Waals surface area contributed by atoms with Gasteiger partial charge in [0, 0.05) is 22.9 Å². The lowest BCUT2D eigenvalue weighted by molar-refractivity contribution is 0.101. The van der Waals surface area contributed by atoms with E-state index in [1.807, 2.05) is 6.07 Å². The molecule has 0 fully saturated rings. The molecule has 0 saturated heterocycles. The molecule has 0 aliphatic carbocycles. The lowest BCUT2D eigenvalue weighted by Crippen LogP contribution is -1.93. The first-order valence-electron chi connectivity index (χ1n) is 4.50. The van der Waals surface area contributed by atoms with Gasteiger partial charge in [0.05, 0.1) is 5.02 Å². The number of alkyl halides is 1. The molecule has 15 heavy (non-hydrogen) atoms. The van der Waals surface area contributed by atoms with Gasteiger partial charge < -0.3 is 0 Å². The Hall–Kier alpha value is -0.780. The molecule has 0 N–H and O–H groups in total. The molecule has 1 aromatic rings. The van der Waals surface area contributed by atoms with Crippen molar-refractivity contribution in [3.63, 3.8) is 0 Å². The van der Waals surface area contributed by atoms with Crippen molar-refractivity contribution in [2.75, 3.05) is 5.33 Å². The molecule has 78 valence electrons. The molecule has 0 aliphatic rings. The first-order valence-corrected chi connectivity index (χ1v) is 6.00. The second kappa shape index (κ2) is 5.95. The summed E-state index contributed by atoms with van der Waals surface area (Å²) in [6.45, 7) is 1.50. The van der Waals surface area contributed by atoms with Crippen LogP contribution in [0.1, 0.15) is 29.3 Å². The molecule has 0 bridgehead atoms. The van der Waals surface area contributed by atoms with Crippen LogP contribution in [0.15, 0.2) is 18.2 Å². The minimum absolute atomic E-state index is 0.0278. The maximum atomic E-state index is 11.1. The molecule has 0 saturated carbocycles. The third-order valence-electron chi connectivity index (χ3n) is 1.80. The van der Waals surface area contributed by atoms with Crippen LogP contribution < -0.4 is 0 Å². The molecule has 0 aliphatic heterocycles. The summed E-state index contributed by atoms with van der Waals surface area (Å²) >= 11 is 9.23. The Morgan fingerprint density at radius 3 is 2.80 bits per heavy atom. The molecule has 0 amide bonds. The predicted octanol–water partition coefficient (Wildman–Crippen LogP) is 3.68. The number of halogens is 2. The number of rotatable bonds is 2. The Balaban J connectivity index is 2.93. The zero-order valence-electron chi connectivity index (χ0n) is 8.31. The summed E-state index contributed by atoms with van der Waals surface area (Å²) < 4.78 is 0. The van der Waals surface area contributed by atoms with Crippen LogP contribution in [-0.2, 0) is 0 Å². The monoisotopic (exact) mass is 284 g/mol. The van der Waals surface area contributed by atoms with Gasteiger partial charge in [-0.3, -0.25) is 4.79 Å². The standard InChI is InChI=1S/C12H10BrClO/c1-9(15)11-6-5-10(8-12(11)14)4-2-3-7-13/h5-6,8H,3,7H2,1H3. The van der Waals surface area contributed by atoms with Crippen LogP contribution >= 0.6 is 27.5 Å². The minimum Gasteiger partial charge on any atom is -0.294 e. The number of Topliss-reactive ketones (excluding diaryl/α,β-unsaturated/α-hetero) is 1. The highest BCUT2D eigenvalue weighted by Gasteiger charge is 2.04.